The van der Waals surface area contributed by atoms with Crippen molar-refractivity contribution in [1.29, 1.82) is 0 Å². The fourth-order valence-electron chi connectivity index (χ4n) is 0.711. The van der Waals surface area contributed by atoms with E-state index in [9.17, 15) is 29.6 Å². The van der Waals surface area contributed by atoms with E-state index in [1.165, 1.54) is 0 Å². The summed E-state index contributed by atoms with van der Waals surface area (Å²) in [5.41, 5.74) is -0.799. The molecule has 2 nitrogen and oxygen atoms in total. The molecule has 1 aromatic carbocycles. The van der Waals surface area contributed by atoms with Crippen molar-refractivity contribution < 1.29 is 39.5 Å². The Morgan fingerprint density at radius 1 is 0.944 bits per heavy atom. The summed E-state index contributed by atoms with van der Waals surface area (Å²) in [4.78, 5) is 8.38. The molecule has 0 bridgehead atoms. The quantitative estimate of drug-likeness (QED) is 0.471. The third-order valence-corrected chi connectivity index (χ3v) is 1.19. The second-order valence-corrected chi connectivity index (χ2v) is 6.90. The summed E-state index contributed by atoms with van der Waals surface area (Å²) >= 11 is -11.1. The predicted octanol–water partition coefficient (Wildman–Crippen LogP) is 3.51. The molecular weight excluding hydrogens is 343 g/mol. The molecule has 0 aliphatic carbocycles. The molecule has 1 aromatic rings. The molecule has 18 heavy (non-hydrogen) atoms. The molecule has 0 aliphatic rings. The van der Waals surface area contributed by atoms with Crippen LogP contribution in [0, 0.1) is 11.6 Å². The van der Waals surface area contributed by atoms with Crippen LogP contribution in [0.1, 0.15) is 5.56 Å². The van der Waals surface area contributed by atoms with Gasteiger partial charge in [0.1, 0.15) is 11.6 Å². The van der Waals surface area contributed by atoms with Crippen LogP contribution in [0.15, 0.2) is 18.2 Å². The molecule has 0 saturated carbocycles. The fraction of sp³-hybridized carbons (Fsp3) is 0. The second kappa shape index (κ2) is 4.11. The van der Waals surface area contributed by atoms with Crippen molar-refractivity contribution in [1.82, 2.24) is 0 Å². The number of halogens is 8. The largest absolute Gasteiger partial charge is 0.521 e. The maximum Gasteiger partial charge on any atom is 0.521 e. The van der Waals surface area contributed by atoms with Gasteiger partial charge in [-0.3, -0.25) is 0 Å². The zero-order chi connectivity index (χ0) is 14.8. The first kappa shape index (κ1) is 16.7. The summed E-state index contributed by atoms with van der Waals surface area (Å²) in [7, 11) is 0. The molecule has 0 aliphatic heterocycles. The third kappa shape index (κ3) is 9.88. The first-order chi connectivity index (χ1) is 7.58. The molecule has 11 heteroatoms. The minimum absolute atomic E-state index is 0.799. The Bertz CT molecular complexity index is 433. The molecular formula is C7H5AsF8O2. The van der Waals surface area contributed by atoms with Crippen LogP contribution < -0.4 is 0 Å². The van der Waals surface area contributed by atoms with E-state index < -0.39 is 37.3 Å². The van der Waals surface area contributed by atoms with E-state index in [0.717, 1.165) is 18.2 Å². The first-order valence-electron chi connectivity index (χ1n) is 3.83. The van der Waals surface area contributed by atoms with Crippen LogP contribution >= 0.6 is 0 Å². The maximum atomic E-state index is 12.5. The van der Waals surface area contributed by atoms with E-state index in [4.69, 9.17) is 9.90 Å². The number of carboxylic acid groups (broad SMARTS) is 1. The minimum Gasteiger partial charge on any atom is -0.335 e. The van der Waals surface area contributed by atoms with Crippen molar-refractivity contribution in [2.75, 3.05) is 0 Å². The monoisotopic (exact) mass is 348 g/mol. The summed E-state index contributed by atoms with van der Waals surface area (Å²) < 4.78 is 84.5. The topological polar surface area (TPSA) is 41.6 Å². The van der Waals surface area contributed by atoms with Gasteiger partial charge in [-0.25, -0.2) is 8.78 Å². The van der Waals surface area contributed by atoms with Crippen LogP contribution in [0.3, 0.4) is 0 Å². The fourth-order valence-corrected chi connectivity index (χ4v) is 0.711. The molecule has 0 aromatic heterocycles. The van der Waals surface area contributed by atoms with Crippen molar-refractivity contribution in [2.24, 2.45) is 0 Å². The van der Waals surface area contributed by atoms with Gasteiger partial charge < -0.3 is 9.90 Å². The van der Waals surface area contributed by atoms with Gasteiger partial charge in [0, 0.05) is 0 Å². The Balaban J connectivity index is 0.000000360. The molecule has 1 rings (SSSR count). The molecule has 106 valence electrons. The molecule has 0 spiro atoms. The third-order valence-electron chi connectivity index (χ3n) is 1.19. The number of rotatable bonds is 1. The summed E-state index contributed by atoms with van der Waals surface area (Å²) in [5, 5.41) is 8.38. The van der Waals surface area contributed by atoms with Crippen molar-refractivity contribution in [3.8, 4) is 0 Å². The van der Waals surface area contributed by atoms with Gasteiger partial charge in [0.25, 0.3) is 0 Å². The maximum absolute atomic E-state index is 12.5. The normalized spacial score (nSPS) is 14.9. The molecule has 2 N–H and O–H groups in total. The molecule has 0 amide bonds. The van der Waals surface area contributed by atoms with Crippen LogP contribution in [0.4, 0.5) is 29.6 Å². The smallest absolute Gasteiger partial charge is 0.335 e. The molecule has 0 unspecified atom stereocenters. The van der Waals surface area contributed by atoms with Crippen molar-refractivity contribution in [3.05, 3.63) is 35.4 Å². The van der Waals surface area contributed by atoms with E-state index in [2.05, 4.69) is 0 Å². The van der Waals surface area contributed by atoms with E-state index in [1.807, 2.05) is 0 Å². The Morgan fingerprint density at radius 3 is 1.39 bits per heavy atom. The van der Waals surface area contributed by atoms with Crippen LogP contribution in [-0.4, -0.2) is 30.0 Å². The molecule has 0 fully saturated rings. The average Bonchev–Trinajstić information content (AvgIpc) is 1.95. The van der Waals surface area contributed by atoms with Gasteiger partial charge in [0.15, 0.2) is 5.56 Å². The van der Waals surface area contributed by atoms with Crippen LogP contribution in [0.2, 0.25) is 0 Å². The molecule has 0 heterocycles. The average molecular weight is 348 g/mol. The minimum atomic E-state index is -11.1. The van der Waals surface area contributed by atoms with Gasteiger partial charge in [-0.05, 0) is 12.1 Å². The van der Waals surface area contributed by atoms with E-state index in [-0.39, 0.29) is 0 Å². The summed E-state index contributed by atoms with van der Waals surface area (Å²) in [5.74, 6) is -3.34. The van der Waals surface area contributed by atoms with Crippen molar-refractivity contribution >= 4 is 20.1 Å². The number of carboxylic acids is 1. The predicted molar refractivity (Wildman–Crippen MR) is 47.4 cm³/mol. The van der Waals surface area contributed by atoms with Gasteiger partial charge in [-0.1, -0.05) is 6.07 Å². The van der Waals surface area contributed by atoms with E-state index >= 15 is 0 Å². The Labute approximate surface area is 95.7 Å². The molecule has 0 radical (unpaired) electrons. The van der Waals surface area contributed by atoms with Crippen molar-refractivity contribution in [2.45, 2.75) is 0 Å². The molecule has 0 atom stereocenters. The SMILES string of the molecule is F[As-](F)(F)(F)(F)F.OC(=[OH+])c1c(F)cccc1F. The number of aromatic carboxylic acids is 1. The zero-order valence-corrected chi connectivity index (χ0v) is 9.97. The van der Waals surface area contributed by atoms with Gasteiger partial charge in [0.05, 0.1) is 0 Å². The summed E-state index contributed by atoms with van der Waals surface area (Å²) in [6, 6.07) is 3.01. The van der Waals surface area contributed by atoms with Gasteiger partial charge in [-0.2, -0.15) is 0 Å². The van der Waals surface area contributed by atoms with Crippen LogP contribution in [0.5, 0.6) is 0 Å². The van der Waals surface area contributed by atoms with Crippen LogP contribution in [0.25, 0.3) is 0 Å². The van der Waals surface area contributed by atoms with E-state index in [0.29, 0.717) is 0 Å². The van der Waals surface area contributed by atoms with Crippen molar-refractivity contribution in [3.63, 3.8) is 0 Å². The Kier molecular flexibility index (Phi) is 3.81. The van der Waals surface area contributed by atoms with Crippen LogP contribution in [-0.2, 0) is 0 Å². The summed E-state index contributed by atoms with van der Waals surface area (Å²) in [6.45, 7) is 0. The number of aliphatic hydroxyl groups excluding tert-OH is 1. The number of hydrogen-bond acceptors (Lipinski definition) is 0. The number of benzene rings is 1. The van der Waals surface area contributed by atoms with Gasteiger partial charge >= 0.3 is 40.9 Å². The Hall–Kier alpha value is -1.31. The first-order valence-corrected chi connectivity index (χ1v) is 8.09. The number of hydrogen-bond donors (Lipinski definition) is 1. The summed E-state index contributed by atoms with van der Waals surface area (Å²) in [6.07, 6.45) is 0. The Morgan fingerprint density at radius 2 is 1.22 bits per heavy atom. The zero-order valence-electron chi connectivity index (χ0n) is 8.10. The van der Waals surface area contributed by atoms with Gasteiger partial charge in [-0.15, -0.1) is 0 Å². The molecule has 0 saturated heterocycles. The van der Waals surface area contributed by atoms with Gasteiger partial charge in [0.2, 0.25) is 0 Å². The second-order valence-electron chi connectivity index (χ2n) is 2.88. The standard InChI is InChI=1S/C7H4F2O2.AsF6/c8-4-2-1-3-5(9)6(4)7(10)11;2-1(3,4,5,6)7/h1-3H,(H,10,11);/q;-1/p+1. The van der Waals surface area contributed by atoms with E-state index in [1.54, 1.807) is 0 Å².